The van der Waals surface area contributed by atoms with Crippen molar-refractivity contribution in [2.24, 2.45) is 5.92 Å². The zero-order valence-electron chi connectivity index (χ0n) is 22.1. The molecule has 3 N–H and O–H groups in total. The Hall–Kier alpha value is -4.11. The molecule has 1 aliphatic rings. The number of aryl methyl sites for hydroxylation is 1. The number of nitrogens with zero attached hydrogens (tertiary/aromatic N) is 1. The van der Waals surface area contributed by atoms with Crippen molar-refractivity contribution in [3.05, 3.63) is 89.6 Å². The standard InChI is InChI=1S/C31H31F3N4O2/c1-20-18-28(25-4-2-3-5-27(25)36-20)38-29-19-24(10-11-26(29)31(32,33)34)40-17-14-21-6-8-23(9-7-21)37-30(39)22-12-15-35-16-13-22/h2-11,18-19,22,35H,12-17H2,1H3,(H,36,38)(H,37,39). The molecule has 0 aliphatic carbocycles. The first-order valence-corrected chi connectivity index (χ1v) is 13.3. The average Bonchev–Trinajstić information content (AvgIpc) is 2.94. The van der Waals surface area contributed by atoms with Crippen molar-refractivity contribution in [1.82, 2.24) is 10.3 Å². The van der Waals surface area contributed by atoms with E-state index in [1.165, 1.54) is 12.1 Å². The van der Waals surface area contributed by atoms with Crippen LogP contribution in [-0.4, -0.2) is 30.6 Å². The van der Waals surface area contributed by atoms with Gasteiger partial charge in [-0.15, -0.1) is 0 Å². The van der Waals surface area contributed by atoms with Crippen LogP contribution >= 0.6 is 0 Å². The Labute approximate surface area is 231 Å². The summed E-state index contributed by atoms with van der Waals surface area (Å²) in [5, 5.41) is 9.94. The smallest absolute Gasteiger partial charge is 0.418 e. The number of amides is 1. The van der Waals surface area contributed by atoms with Crippen LogP contribution in [0.15, 0.2) is 72.8 Å². The maximum Gasteiger partial charge on any atom is 0.418 e. The van der Waals surface area contributed by atoms with Gasteiger partial charge in [-0.3, -0.25) is 9.78 Å². The number of para-hydroxylation sites is 1. The minimum absolute atomic E-state index is 0.0266. The fraction of sp³-hybridized carbons (Fsp3) is 0.290. The molecule has 0 atom stereocenters. The van der Waals surface area contributed by atoms with Crippen molar-refractivity contribution in [1.29, 1.82) is 0 Å². The molecule has 1 fully saturated rings. The molecule has 2 heterocycles. The number of pyridine rings is 1. The molecule has 0 bridgehead atoms. The van der Waals surface area contributed by atoms with E-state index in [1.807, 2.05) is 48.5 Å². The van der Waals surface area contributed by atoms with Gasteiger partial charge in [0.25, 0.3) is 0 Å². The van der Waals surface area contributed by atoms with Gasteiger partial charge in [-0.1, -0.05) is 30.3 Å². The molecule has 0 unspecified atom stereocenters. The molecule has 5 rings (SSSR count). The number of fused-ring (bicyclic) bond motifs is 1. The van der Waals surface area contributed by atoms with Crippen LogP contribution in [0.3, 0.4) is 0 Å². The van der Waals surface area contributed by atoms with Crippen LogP contribution in [-0.2, 0) is 17.4 Å². The van der Waals surface area contributed by atoms with Crippen LogP contribution in [0.25, 0.3) is 10.9 Å². The van der Waals surface area contributed by atoms with Crippen molar-refractivity contribution < 1.29 is 22.7 Å². The molecule has 0 radical (unpaired) electrons. The van der Waals surface area contributed by atoms with E-state index in [9.17, 15) is 18.0 Å². The van der Waals surface area contributed by atoms with E-state index >= 15 is 0 Å². The molecule has 40 heavy (non-hydrogen) atoms. The fourth-order valence-corrected chi connectivity index (χ4v) is 4.89. The van der Waals surface area contributed by atoms with E-state index in [1.54, 1.807) is 13.0 Å². The number of ether oxygens (including phenoxy) is 1. The summed E-state index contributed by atoms with van der Waals surface area (Å²) in [6.07, 6.45) is -2.31. The number of nitrogens with one attached hydrogen (secondary N) is 3. The lowest BCUT2D eigenvalue weighted by atomic mass is 9.97. The predicted octanol–water partition coefficient (Wildman–Crippen LogP) is 6.87. The highest BCUT2D eigenvalue weighted by molar-refractivity contribution is 5.94. The van der Waals surface area contributed by atoms with Crippen LogP contribution < -0.4 is 20.7 Å². The second-order valence-electron chi connectivity index (χ2n) is 9.97. The van der Waals surface area contributed by atoms with Gasteiger partial charge < -0.3 is 20.7 Å². The molecule has 1 amide bonds. The third kappa shape index (κ3) is 6.71. The van der Waals surface area contributed by atoms with Crippen LogP contribution in [0.5, 0.6) is 5.75 Å². The Morgan fingerprint density at radius 3 is 2.50 bits per heavy atom. The van der Waals surface area contributed by atoms with E-state index in [0.29, 0.717) is 29.1 Å². The van der Waals surface area contributed by atoms with E-state index in [0.717, 1.165) is 48.6 Å². The van der Waals surface area contributed by atoms with Crippen molar-refractivity contribution in [3.8, 4) is 5.75 Å². The van der Waals surface area contributed by atoms with Crippen molar-refractivity contribution >= 4 is 33.9 Å². The SMILES string of the molecule is Cc1cc(Nc2cc(OCCc3ccc(NC(=O)C4CCNCC4)cc3)ccc2C(F)(F)F)c2ccccc2n1. The van der Waals surface area contributed by atoms with E-state index in [4.69, 9.17) is 4.74 Å². The Bertz CT molecular complexity index is 1480. The van der Waals surface area contributed by atoms with Gasteiger partial charge in [-0.2, -0.15) is 13.2 Å². The van der Waals surface area contributed by atoms with E-state index in [-0.39, 0.29) is 24.1 Å². The molecule has 1 aliphatic heterocycles. The van der Waals surface area contributed by atoms with Gasteiger partial charge in [-0.05, 0) is 74.8 Å². The highest BCUT2D eigenvalue weighted by atomic mass is 19.4. The molecule has 0 saturated carbocycles. The molecular formula is C31H31F3N4O2. The Morgan fingerprint density at radius 2 is 1.75 bits per heavy atom. The predicted molar refractivity (Wildman–Crippen MR) is 151 cm³/mol. The number of alkyl halides is 3. The molecule has 6 nitrogen and oxygen atoms in total. The van der Waals surface area contributed by atoms with Gasteiger partial charge >= 0.3 is 6.18 Å². The van der Waals surface area contributed by atoms with Crippen LogP contribution in [0.4, 0.5) is 30.2 Å². The summed E-state index contributed by atoms with van der Waals surface area (Å²) in [5.41, 5.74) is 2.80. The van der Waals surface area contributed by atoms with Gasteiger partial charge in [0.15, 0.2) is 0 Å². The minimum Gasteiger partial charge on any atom is -0.493 e. The molecule has 3 aromatic carbocycles. The Morgan fingerprint density at radius 1 is 1.00 bits per heavy atom. The molecule has 9 heteroatoms. The van der Waals surface area contributed by atoms with Gasteiger partial charge in [0.2, 0.25) is 5.91 Å². The van der Waals surface area contributed by atoms with Crippen LogP contribution in [0.2, 0.25) is 0 Å². The van der Waals surface area contributed by atoms with Crippen molar-refractivity contribution in [3.63, 3.8) is 0 Å². The quantitative estimate of drug-likeness (QED) is 0.224. The zero-order valence-corrected chi connectivity index (χ0v) is 22.1. The molecule has 4 aromatic rings. The number of hydrogen-bond acceptors (Lipinski definition) is 5. The summed E-state index contributed by atoms with van der Waals surface area (Å²) in [7, 11) is 0. The highest BCUT2D eigenvalue weighted by Gasteiger charge is 2.34. The summed E-state index contributed by atoms with van der Waals surface area (Å²) in [4.78, 5) is 16.9. The summed E-state index contributed by atoms with van der Waals surface area (Å²) < 4.78 is 47.4. The fourth-order valence-electron chi connectivity index (χ4n) is 4.89. The number of halogens is 3. The van der Waals surface area contributed by atoms with Gasteiger partial charge in [0.1, 0.15) is 5.75 Å². The van der Waals surface area contributed by atoms with Gasteiger partial charge in [0, 0.05) is 40.9 Å². The second-order valence-corrected chi connectivity index (χ2v) is 9.97. The molecule has 1 saturated heterocycles. The lowest BCUT2D eigenvalue weighted by Crippen LogP contribution is -2.34. The number of piperidine rings is 1. The summed E-state index contributed by atoms with van der Waals surface area (Å²) in [6.45, 7) is 3.79. The second kappa shape index (κ2) is 12.0. The number of rotatable bonds is 8. The van der Waals surface area contributed by atoms with Crippen molar-refractivity contribution in [2.75, 3.05) is 30.3 Å². The first kappa shape index (κ1) is 27.5. The molecule has 208 valence electrons. The third-order valence-electron chi connectivity index (χ3n) is 7.00. The third-order valence-corrected chi connectivity index (χ3v) is 7.00. The number of anilines is 3. The average molecular weight is 549 g/mol. The summed E-state index contributed by atoms with van der Waals surface area (Å²) in [6, 6.07) is 20.3. The largest absolute Gasteiger partial charge is 0.493 e. The first-order chi connectivity index (χ1) is 19.3. The lowest BCUT2D eigenvalue weighted by molar-refractivity contribution is -0.137. The number of benzene rings is 3. The van der Waals surface area contributed by atoms with E-state index in [2.05, 4.69) is 20.9 Å². The number of hydrogen-bond donors (Lipinski definition) is 3. The lowest BCUT2D eigenvalue weighted by Gasteiger charge is -2.21. The Balaban J connectivity index is 1.25. The Kier molecular flexibility index (Phi) is 8.21. The highest BCUT2D eigenvalue weighted by Crippen LogP contribution is 2.39. The number of carbonyl (C=O) groups excluding carboxylic acids is 1. The van der Waals surface area contributed by atoms with Gasteiger partial charge in [0.05, 0.1) is 23.4 Å². The first-order valence-electron chi connectivity index (χ1n) is 13.3. The molecule has 1 aromatic heterocycles. The maximum atomic E-state index is 13.8. The van der Waals surface area contributed by atoms with Gasteiger partial charge in [-0.25, -0.2) is 0 Å². The summed E-state index contributed by atoms with van der Waals surface area (Å²) in [5.74, 6) is 0.398. The van der Waals surface area contributed by atoms with Crippen molar-refractivity contribution in [2.45, 2.75) is 32.4 Å². The monoisotopic (exact) mass is 548 g/mol. The van der Waals surface area contributed by atoms with Crippen LogP contribution in [0.1, 0.15) is 29.7 Å². The number of aromatic nitrogens is 1. The molecular weight excluding hydrogens is 517 g/mol. The normalized spacial score (nSPS) is 14.2. The maximum absolute atomic E-state index is 13.8. The topological polar surface area (TPSA) is 75.3 Å². The number of carbonyl (C=O) groups is 1. The molecule has 0 spiro atoms. The van der Waals surface area contributed by atoms with Crippen LogP contribution in [0, 0.1) is 12.8 Å². The van der Waals surface area contributed by atoms with E-state index < -0.39 is 11.7 Å². The zero-order chi connectivity index (χ0) is 28.1. The minimum atomic E-state index is -4.54. The summed E-state index contributed by atoms with van der Waals surface area (Å²) >= 11 is 0.